The van der Waals surface area contributed by atoms with Crippen LogP contribution in [0.25, 0.3) is 4.96 Å². The van der Waals surface area contributed by atoms with Gasteiger partial charge in [-0.15, -0.1) is 11.3 Å². The first-order chi connectivity index (χ1) is 14.6. The molecule has 2 unspecified atom stereocenters. The normalized spacial score (nSPS) is 19.5. The number of rotatable bonds is 4. The van der Waals surface area contributed by atoms with E-state index in [9.17, 15) is 22.4 Å². The third-order valence-electron chi connectivity index (χ3n) is 5.04. The van der Waals surface area contributed by atoms with Crippen LogP contribution in [0.4, 0.5) is 9.18 Å². The highest BCUT2D eigenvalue weighted by Gasteiger charge is 2.34. The number of carboxylic acid groups (broad SMARTS) is 1. The monoisotopic (exact) mass is 467 g/mol. The molecule has 31 heavy (non-hydrogen) atoms. The Bertz CT molecular complexity index is 1300. The maximum Gasteiger partial charge on any atom is 0.407 e. The van der Waals surface area contributed by atoms with E-state index in [1.165, 1.54) is 22.7 Å². The molecule has 0 saturated carbocycles. The Morgan fingerprint density at radius 2 is 2.03 bits per heavy atom. The number of hydrogen-bond donors (Lipinski definition) is 1. The summed E-state index contributed by atoms with van der Waals surface area (Å²) in [6.45, 7) is 1.75. The first-order valence-electron chi connectivity index (χ1n) is 9.30. The van der Waals surface area contributed by atoms with E-state index in [-0.39, 0.29) is 35.2 Å². The van der Waals surface area contributed by atoms with Gasteiger partial charge >= 0.3 is 16.2 Å². The zero-order chi connectivity index (χ0) is 22.3. The van der Waals surface area contributed by atoms with Crippen LogP contribution < -0.4 is 9.74 Å². The fraction of sp³-hybridized carbons (Fsp3) is 0.316. The number of likely N-dealkylation sites (tertiary alicyclic amines) is 1. The fourth-order valence-corrected chi connectivity index (χ4v) is 5.42. The van der Waals surface area contributed by atoms with Crippen LogP contribution in [0.3, 0.4) is 0 Å². The SMILES string of the molecule is Cc1ccc(S(=O)(=O)Oc2cc(=O)n3cc(C4CCN(C(=O)O)CC4F)sc3n2)cc1. The molecule has 0 aliphatic carbocycles. The number of piperidine rings is 1. The second-order valence-corrected chi connectivity index (χ2v) is 9.80. The molecule has 0 spiro atoms. The van der Waals surface area contributed by atoms with E-state index in [1.54, 1.807) is 12.1 Å². The Kier molecular flexibility index (Phi) is 5.43. The minimum absolute atomic E-state index is 0.0718. The molecule has 1 saturated heterocycles. The van der Waals surface area contributed by atoms with Crippen molar-refractivity contribution in [3.8, 4) is 5.88 Å². The molecule has 1 aliphatic heterocycles. The molecule has 9 nitrogen and oxygen atoms in total. The number of halogens is 1. The number of benzene rings is 1. The summed E-state index contributed by atoms with van der Waals surface area (Å²) in [6.07, 6.45) is -0.875. The third kappa shape index (κ3) is 4.26. The van der Waals surface area contributed by atoms with Crippen molar-refractivity contribution in [3.63, 3.8) is 0 Å². The van der Waals surface area contributed by atoms with Gasteiger partial charge in [-0.1, -0.05) is 17.7 Å². The maximum atomic E-state index is 14.6. The summed E-state index contributed by atoms with van der Waals surface area (Å²) in [5, 5.41) is 9.03. The first-order valence-corrected chi connectivity index (χ1v) is 11.5. The number of fused-ring (bicyclic) bond motifs is 1. The highest BCUT2D eigenvalue weighted by atomic mass is 32.2. The average molecular weight is 468 g/mol. The molecular weight excluding hydrogens is 449 g/mol. The number of thiazole rings is 1. The van der Waals surface area contributed by atoms with Crippen molar-refractivity contribution >= 4 is 32.5 Å². The molecule has 1 N–H and O–H groups in total. The van der Waals surface area contributed by atoms with Gasteiger partial charge < -0.3 is 14.2 Å². The Balaban J connectivity index is 1.62. The number of amides is 1. The molecule has 1 aromatic carbocycles. The lowest BCUT2D eigenvalue weighted by Gasteiger charge is -2.32. The van der Waals surface area contributed by atoms with Crippen LogP contribution >= 0.6 is 11.3 Å². The Hall–Kier alpha value is -2.99. The van der Waals surface area contributed by atoms with Crippen molar-refractivity contribution < 1.29 is 26.9 Å². The van der Waals surface area contributed by atoms with Crippen molar-refractivity contribution in [1.29, 1.82) is 0 Å². The van der Waals surface area contributed by atoms with E-state index >= 15 is 0 Å². The Morgan fingerprint density at radius 1 is 1.32 bits per heavy atom. The van der Waals surface area contributed by atoms with Gasteiger partial charge in [0.25, 0.3) is 5.56 Å². The molecule has 0 radical (unpaired) electrons. The lowest BCUT2D eigenvalue weighted by molar-refractivity contribution is 0.0969. The van der Waals surface area contributed by atoms with Crippen LogP contribution in [0.5, 0.6) is 5.88 Å². The first kappa shape index (κ1) is 21.2. The number of aromatic nitrogens is 2. The van der Waals surface area contributed by atoms with E-state index < -0.39 is 33.9 Å². The van der Waals surface area contributed by atoms with E-state index in [2.05, 4.69) is 4.98 Å². The van der Waals surface area contributed by atoms with E-state index in [0.29, 0.717) is 4.88 Å². The molecule has 12 heteroatoms. The minimum atomic E-state index is -4.18. The number of carbonyl (C=O) groups is 1. The van der Waals surface area contributed by atoms with Crippen LogP contribution in [-0.2, 0) is 10.1 Å². The van der Waals surface area contributed by atoms with Gasteiger partial charge in [0.2, 0.25) is 5.88 Å². The number of hydrogen-bond acceptors (Lipinski definition) is 7. The number of nitrogens with zero attached hydrogens (tertiary/aromatic N) is 3. The van der Waals surface area contributed by atoms with Crippen LogP contribution in [-0.4, -0.2) is 53.2 Å². The van der Waals surface area contributed by atoms with Crippen molar-refractivity contribution in [2.75, 3.05) is 13.1 Å². The molecule has 164 valence electrons. The smallest absolute Gasteiger partial charge is 0.407 e. The summed E-state index contributed by atoms with van der Waals surface area (Å²) in [7, 11) is -4.18. The van der Waals surface area contributed by atoms with Gasteiger partial charge in [0.15, 0.2) is 4.96 Å². The summed E-state index contributed by atoms with van der Waals surface area (Å²) >= 11 is 1.04. The fourth-order valence-electron chi connectivity index (χ4n) is 3.38. The van der Waals surface area contributed by atoms with Crippen molar-refractivity contribution in [2.45, 2.75) is 30.3 Å². The Morgan fingerprint density at radius 3 is 2.68 bits per heavy atom. The van der Waals surface area contributed by atoms with E-state index in [4.69, 9.17) is 9.29 Å². The number of alkyl halides is 1. The molecule has 3 heterocycles. The number of aryl methyl sites for hydroxylation is 1. The van der Waals surface area contributed by atoms with Crippen LogP contribution in [0.15, 0.2) is 46.2 Å². The summed E-state index contributed by atoms with van der Waals surface area (Å²) in [5.41, 5.74) is 0.309. The minimum Gasteiger partial charge on any atom is -0.465 e. The molecule has 4 rings (SSSR count). The average Bonchev–Trinajstić information content (AvgIpc) is 3.12. The zero-order valence-electron chi connectivity index (χ0n) is 16.3. The molecule has 0 bridgehead atoms. The quantitative estimate of drug-likeness (QED) is 0.586. The van der Waals surface area contributed by atoms with Crippen molar-refractivity contribution in [2.24, 2.45) is 0 Å². The second-order valence-electron chi connectivity index (χ2n) is 7.21. The lowest BCUT2D eigenvalue weighted by Crippen LogP contribution is -2.43. The van der Waals surface area contributed by atoms with Crippen molar-refractivity contribution in [1.82, 2.24) is 14.3 Å². The molecular formula is C19H18FN3O6S2. The topological polar surface area (TPSA) is 118 Å². The summed E-state index contributed by atoms with van der Waals surface area (Å²) < 4.78 is 45.8. The summed E-state index contributed by atoms with van der Waals surface area (Å²) in [5.74, 6) is -0.959. The van der Waals surface area contributed by atoms with E-state index in [1.807, 2.05) is 6.92 Å². The zero-order valence-corrected chi connectivity index (χ0v) is 17.9. The third-order valence-corrected chi connectivity index (χ3v) is 7.40. The van der Waals surface area contributed by atoms with Crippen LogP contribution in [0.2, 0.25) is 0 Å². The van der Waals surface area contributed by atoms with Crippen molar-refractivity contribution in [3.05, 3.63) is 57.3 Å². The molecule has 2 atom stereocenters. The van der Waals surface area contributed by atoms with Crippen LogP contribution in [0.1, 0.15) is 22.8 Å². The van der Waals surface area contributed by atoms with E-state index in [0.717, 1.165) is 27.9 Å². The van der Waals surface area contributed by atoms with Gasteiger partial charge in [0, 0.05) is 23.5 Å². The second kappa shape index (κ2) is 7.93. The standard InChI is InChI=1S/C19H18FN3O6S2/c1-11-2-4-12(5-3-11)31(27,28)29-16-8-17(24)23-10-15(30-18(23)21-16)13-6-7-22(19(25)26)9-14(13)20/h2-5,8,10,13-14H,6-7,9H2,1H3,(H,25,26). The van der Waals surface area contributed by atoms with Gasteiger partial charge in [-0.3, -0.25) is 9.20 Å². The largest absolute Gasteiger partial charge is 0.465 e. The van der Waals surface area contributed by atoms with Crippen LogP contribution in [0, 0.1) is 6.92 Å². The van der Waals surface area contributed by atoms with Gasteiger partial charge in [0.05, 0.1) is 12.6 Å². The highest BCUT2D eigenvalue weighted by molar-refractivity contribution is 7.87. The predicted molar refractivity (Wildman–Crippen MR) is 110 cm³/mol. The summed E-state index contributed by atoms with van der Waals surface area (Å²) in [4.78, 5) is 29.2. The predicted octanol–water partition coefficient (Wildman–Crippen LogP) is 2.64. The van der Waals surface area contributed by atoms with Gasteiger partial charge in [-0.25, -0.2) is 9.18 Å². The highest BCUT2D eigenvalue weighted by Crippen LogP contribution is 2.34. The Labute approximate surface area is 180 Å². The molecule has 3 aromatic rings. The summed E-state index contributed by atoms with van der Waals surface area (Å²) in [6, 6.07) is 6.98. The molecule has 1 fully saturated rings. The maximum absolute atomic E-state index is 14.6. The van der Waals surface area contributed by atoms with Gasteiger partial charge in [-0.05, 0) is 25.5 Å². The molecule has 1 aliphatic rings. The lowest BCUT2D eigenvalue weighted by atomic mass is 9.94. The molecule has 2 aromatic heterocycles. The molecule has 1 amide bonds. The van der Waals surface area contributed by atoms with Gasteiger partial charge in [0.1, 0.15) is 11.1 Å². The van der Waals surface area contributed by atoms with Gasteiger partial charge in [-0.2, -0.15) is 13.4 Å².